The topological polar surface area (TPSA) is 30.2 Å². The standard InChI is InChI=1S/C50H32N3PS/c55-54(41-13-3-1-4-14-41,42-15-5-2-6-16-42)43-22-19-36-26-35(17-18-37(36)27-43)38-21-24-48-45(29-38)44-28-33-10-7-8-11-34(33)30-46(44)50-52-47-23-20-39(31-49(47)53(48)50)40-12-9-25-51-32-40/h1-32H. The van der Waals surface area contributed by atoms with Gasteiger partial charge in [-0.15, -0.1) is 0 Å². The fourth-order valence-corrected chi connectivity index (χ4v) is 12.1. The highest BCUT2D eigenvalue weighted by Crippen LogP contribution is 2.44. The van der Waals surface area contributed by atoms with Gasteiger partial charge in [-0.05, 0) is 114 Å². The number of nitrogens with zero attached hydrogens (tertiary/aromatic N) is 3. The molecule has 3 aromatic heterocycles. The third-order valence-electron chi connectivity index (χ3n) is 11.1. The zero-order valence-corrected chi connectivity index (χ0v) is 31.4. The molecule has 5 heteroatoms. The van der Waals surface area contributed by atoms with Crippen LogP contribution in [0.2, 0.25) is 0 Å². The number of pyridine rings is 2. The van der Waals surface area contributed by atoms with Gasteiger partial charge in [0, 0.05) is 34.8 Å². The van der Waals surface area contributed by atoms with E-state index in [1.807, 2.05) is 18.5 Å². The molecular weight excluding hydrogens is 706 g/mol. The maximum Gasteiger partial charge on any atom is 0.146 e. The summed E-state index contributed by atoms with van der Waals surface area (Å²) in [6.07, 6.45) is 3.73. The zero-order valence-electron chi connectivity index (χ0n) is 29.7. The first kappa shape index (κ1) is 32.0. The Kier molecular flexibility index (Phi) is 7.32. The first-order valence-corrected chi connectivity index (χ1v) is 21.3. The lowest BCUT2D eigenvalue weighted by molar-refractivity contribution is 1.31. The van der Waals surface area contributed by atoms with Crippen molar-refractivity contribution < 1.29 is 0 Å². The largest absolute Gasteiger partial charge is 0.292 e. The van der Waals surface area contributed by atoms with E-state index in [0.29, 0.717) is 0 Å². The molecule has 0 aliphatic heterocycles. The minimum absolute atomic E-state index is 0.965. The van der Waals surface area contributed by atoms with Crippen molar-refractivity contribution in [2.45, 2.75) is 0 Å². The molecule has 258 valence electrons. The molecule has 0 unspecified atom stereocenters. The number of rotatable bonds is 5. The number of aromatic nitrogens is 3. The van der Waals surface area contributed by atoms with Gasteiger partial charge in [0.15, 0.2) is 0 Å². The van der Waals surface area contributed by atoms with Crippen molar-refractivity contribution in [3.8, 4) is 22.3 Å². The van der Waals surface area contributed by atoms with Gasteiger partial charge in [0.05, 0.1) is 16.6 Å². The molecule has 0 amide bonds. The maximum absolute atomic E-state index is 6.67. The predicted molar refractivity (Wildman–Crippen MR) is 237 cm³/mol. The fourth-order valence-electron chi connectivity index (χ4n) is 8.32. The molecule has 0 aliphatic carbocycles. The number of hydrogen-bond donors (Lipinski definition) is 0. The molecule has 11 rings (SSSR count). The molecule has 0 fully saturated rings. The van der Waals surface area contributed by atoms with Crippen molar-refractivity contribution in [1.82, 2.24) is 14.4 Å². The van der Waals surface area contributed by atoms with E-state index in [4.69, 9.17) is 16.8 Å². The van der Waals surface area contributed by atoms with Gasteiger partial charge in [-0.3, -0.25) is 9.38 Å². The van der Waals surface area contributed by atoms with Crippen LogP contribution in [-0.2, 0) is 11.8 Å². The van der Waals surface area contributed by atoms with Gasteiger partial charge in [0.2, 0.25) is 0 Å². The minimum atomic E-state index is -2.25. The van der Waals surface area contributed by atoms with Gasteiger partial charge in [-0.2, -0.15) is 0 Å². The summed E-state index contributed by atoms with van der Waals surface area (Å²) in [6.45, 7) is 0. The molecule has 0 saturated carbocycles. The summed E-state index contributed by atoms with van der Waals surface area (Å²) in [7, 11) is 0. The summed E-state index contributed by atoms with van der Waals surface area (Å²) in [4.78, 5) is 9.64. The van der Waals surface area contributed by atoms with Crippen LogP contribution in [0.25, 0.3) is 82.2 Å². The highest BCUT2D eigenvalue weighted by atomic mass is 32.4. The molecular formula is C50H32N3PS. The maximum atomic E-state index is 6.67. The van der Waals surface area contributed by atoms with E-state index in [0.717, 1.165) is 38.7 Å². The molecule has 55 heavy (non-hydrogen) atoms. The molecule has 0 saturated heterocycles. The number of benzene rings is 8. The van der Waals surface area contributed by atoms with Crippen LogP contribution in [0.4, 0.5) is 0 Å². The van der Waals surface area contributed by atoms with Gasteiger partial charge >= 0.3 is 0 Å². The van der Waals surface area contributed by atoms with E-state index in [2.05, 4.69) is 185 Å². The molecule has 3 nitrogen and oxygen atoms in total. The second kappa shape index (κ2) is 12.6. The van der Waals surface area contributed by atoms with E-state index < -0.39 is 6.04 Å². The second-order valence-electron chi connectivity index (χ2n) is 14.2. The fraction of sp³-hybridized carbons (Fsp3) is 0. The average molecular weight is 738 g/mol. The molecule has 11 aromatic rings. The highest BCUT2D eigenvalue weighted by molar-refractivity contribution is 8.25. The summed E-state index contributed by atoms with van der Waals surface area (Å²) >= 11 is 6.67. The Hall–Kier alpha value is -6.45. The first-order chi connectivity index (χ1) is 27.1. The minimum Gasteiger partial charge on any atom is -0.292 e. The Morgan fingerprint density at radius 1 is 0.418 bits per heavy atom. The summed E-state index contributed by atoms with van der Waals surface area (Å²) in [6, 6.07) is 63.4. The van der Waals surface area contributed by atoms with E-state index >= 15 is 0 Å². The lowest BCUT2D eigenvalue weighted by atomic mass is 9.96. The van der Waals surface area contributed by atoms with Crippen LogP contribution in [0.1, 0.15) is 0 Å². The van der Waals surface area contributed by atoms with Crippen molar-refractivity contribution in [2.24, 2.45) is 0 Å². The Balaban J connectivity index is 1.10. The Morgan fingerprint density at radius 2 is 1.04 bits per heavy atom. The summed E-state index contributed by atoms with van der Waals surface area (Å²) < 4.78 is 2.34. The van der Waals surface area contributed by atoms with Crippen molar-refractivity contribution >= 4 is 93.7 Å². The number of fused-ring (bicyclic) bond motifs is 10. The van der Waals surface area contributed by atoms with E-state index in [9.17, 15) is 0 Å². The molecule has 8 aromatic carbocycles. The van der Waals surface area contributed by atoms with Crippen LogP contribution in [0.15, 0.2) is 194 Å². The van der Waals surface area contributed by atoms with Gasteiger partial charge in [-0.25, -0.2) is 4.98 Å². The predicted octanol–water partition coefficient (Wildman–Crippen LogP) is 11.6. The molecule has 0 spiro atoms. The quantitative estimate of drug-likeness (QED) is 0.100. The van der Waals surface area contributed by atoms with Crippen LogP contribution in [0, 0.1) is 0 Å². The summed E-state index contributed by atoms with van der Waals surface area (Å²) in [5.74, 6) is 0. The van der Waals surface area contributed by atoms with Gasteiger partial charge in [0.25, 0.3) is 0 Å². The van der Waals surface area contributed by atoms with Crippen LogP contribution in [0.5, 0.6) is 0 Å². The smallest absolute Gasteiger partial charge is 0.146 e. The second-order valence-corrected chi connectivity index (χ2v) is 18.6. The molecule has 0 aliphatic rings. The van der Waals surface area contributed by atoms with Crippen LogP contribution < -0.4 is 15.9 Å². The number of imidazole rings is 1. The summed E-state index contributed by atoms with van der Waals surface area (Å²) in [5.41, 5.74) is 8.70. The Labute approximate surface area is 323 Å². The Bertz CT molecular complexity index is 3300. The normalized spacial score (nSPS) is 12.1. The van der Waals surface area contributed by atoms with Crippen LogP contribution in [0.3, 0.4) is 0 Å². The van der Waals surface area contributed by atoms with Gasteiger partial charge in [0.1, 0.15) is 5.65 Å². The van der Waals surface area contributed by atoms with Crippen molar-refractivity contribution in [2.75, 3.05) is 0 Å². The molecule has 0 radical (unpaired) electrons. The molecule has 0 N–H and O–H groups in total. The third-order valence-corrected chi connectivity index (χ3v) is 16.0. The SMILES string of the molecule is S=P(c1ccccc1)(c1ccccc1)c1ccc2cc(-c3ccc4c(c3)c3cc5ccccc5cc3c3nc5ccc(-c6cccnc6)cc5n43)ccc2c1. The molecule has 3 heterocycles. The average Bonchev–Trinajstić information content (AvgIpc) is 3.65. The van der Waals surface area contributed by atoms with Crippen molar-refractivity contribution in [1.29, 1.82) is 0 Å². The van der Waals surface area contributed by atoms with E-state index in [-0.39, 0.29) is 0 Å². The monoisotopic (exact) mass is 737 g/mol. The van der Waals surface area contributed by atoms with Crippen LogP contribution >= 0.6 is 6.04 Å². The zero-order chi connectivity index (χ0) is 36.5. The van der Waals surface area contributed by atoms with Crippen LogP contribution in [-0.4, -0.2) is 14.4 Å². The van der Waals surface area contributed by atoms with Gasteiger partial charge < -0.3 is 0 Å². The third kappa shape index (κ3) is 5.14. The molecule has 0 bridgehead atoms. The lowest BCUT2D eigenvalue weighted by Crippen LogP contribution is -2.24. The Morgan fingerprint density at radius 3 is 1.78 bits per heavy atom. The molecule has 0 atom stereocenters. The lowest BCUT2D eigenvalue weighted by Gasteiger charge is -2.24. The highest BCUT2D eigenvalue weighted by Gasteiger charge is 2.25. The van der Waals surface area contributed by atoms with Crippen molar-refractivity contribution in [3.63, 3.8) is 0 Å². The number of hydrogen-bond acceptors (Lipinski definition) is 3. The van der Waals surface area contributed by atoms with Crippen molar-refractivity contribution in [3.05, 3.63) is 194 Å². The first-order valence-electron chi connectivity index (χ1n) is 18.5. The summed E-state index contributed by atoms with van der Waals surface area (Å²) in [5, 5.41) is 11.9. The van der Waals surface area contributed by atoms with Gasteiger partial charge in [-0.1, -0.05) is 139 Å². The van der Waals surface area contributed by atoms with E-state index in [1.165, 1.54) is 59.4 Å². The van der Waals surface area contributed by atoms with E-state index in [1.54, 1.807) is 0 Å².